The molecule has 0 amide bonds. The standard InChI is InChI=1S/C14H19N5/c1-10(12-5-3-6-12)15-9-11-4-2-7-13(8-11)14-16-18-19-17-14/h2,4,7-8,10,12,15H,3,5-6,9H2,1H3,(H,16,17,18,19). The highest BCUT2D eigenvalue weighted by molar-refractivity contribution is 5.54. The molecule has 0 saturated heterocycles. The first kappa shape index (κ1) is 12.3. The van der Waals surface area contributed by atoms with Gasteiger partial charge in [-0.2, -0.15) is 5.21 Å². The van der Waals surface area contributed by atoms with Gasteiger partial charge in [-0.15, -0.1) is 10.2 Å². The van der Waals surface area contributed by atoms with E-state index in [-0.39, 0.29) is 0 Å². The smallest absolute Gasteiger partial charge is 0.204 e. The highest BCUT2D eigenvalue weighted by atomic mass is 15.5. The predicted octanol–water partition coefficient (Wildman–Crippen LogP) is 2.14. The summed E-state index contributed by atoms with van der Waals surface area (Å²) in [6.07, 6.45) is 4.14. The number of rotatable bonds is 5. The lowest BCUT2D eigenvalue weighted by Crippen LogP contribution is -2.36. The lowest BCUT2D eigenvalue weighted by atomic mass is 9.80. The minimum Gasteiger partial charge on any atom is -0.310 e. The molecule has 1 aliphatic rings. The van der Waals surface area contributed by atoms with Crippen LogP contribution >= 0.6 is 0 Å². The Hall–Kier alpha value is -1.75. The van der Waals surface area contributed by atoms with Crippen LogP contribution in [0.15, 0.2) is 24.3 Å². The summed E-state index contributed by atoms with van der Waals surface area (Å²) >= 11 is 0. The van der Waals surface area contributed by atoms with Gasteiger partial charge in [0.1, 0.15) is 0 Å². The summed E-state index contributed by atoms with van der Waals surface area (Å²) in [7, 11) is 0. The van der Waals surface area contributed by atoms with Crippen molar-refractivity contribution < 1.29 is 0 Å². The van der Waals surface area contributed by atoms with Gasteiger partial charge in [-0.25, -0.2) is 0 Å². The molecule has 1 saturated carbocycles. The number of tetrazole rings is 1. The monoisotopic (exact) mass is 257 g/mol. The lowest BCUT2D eigenvalue weighted by Gasteiger charge is -2.32. The summed E-state index contributed by atoms with van der Waals surface area (Å²) in [5, 5.41) is 17.7. The average molecular weight is 257 g/mol. The molecule has 0 spiro atoms. The zero-order valence-electron chi connectivity index (χ0n) is 11.1. The second kappa shape index (κ2) is 5.48. The van der Waals surface area contributed by atoms with Crippen LogP contribution in [0.2, 0.25) is 0 Å². The number of aromatic amines is 1. The minimum absolute atomic E-state index is 0.600. The Labute approximate surface area is 112 Å². The Balaban J connectivity index is 1.63. The molecular weight excluding hydrogens is 238 g/mol. The second-order valence-electron chi connectivity index (χ2n) is 5.30. The fraction of sp³-hybridized carbons (Fsp3) is 0.500. The van der Waals surface area contributed by atoms with Gasteiger partial charge >= 0.3 is 0 Å². The van der Waals surface area contributed by atoms with E-state index in [2.05, 4.69) is 45.0 Å². The van der Waals surface area contributed by atoms with E-state index in [1.165, 1.54) is 24.8 Å². The molecule has 1 aliphatic carbocycles. The number of nitrogens with one attached hydrogen (secondary N) is 2. The minimum atomic E-state index is 0.600. The molecule has 100 valence electrons. The van der Waals surface area contributed by atoms with E-state index < -0.39 is 0 Å². The van der Waals surface area contributed by atoms with Crippen LogP contribution in [-0.4, -0.2) is 26.7 Å². The number of hydrogen-bond acceptors (Lipinski definition) is 4. The molecule has 5 heteroatoms. The molecule has 1 unspecified atom stereocenters. The van der Waals surface area contributed by atoms with E-state index in [9.17, 15) is 0 Å². The number of aromatic nitrogens is 4. The van der Waals surface area contributed by atoms with Crippen molar-refractivity contribution in [2.45, 2.75) is 38.8 Å². The Morgan fingerprint density at radius 1 is 1.42 bits per heavy atom. The molecule has 1 aromatic heterocycles. The zero-order chi connectivity index (χ0) is 13.1. The Morgan fingerprint density at radius 2 is 2.32 bits per heavy atom. The van der Waals surface area contributed by atoms with Crippen LogP contribution < -0.4 is 5.32 Å². The highest BCUT2D eigenvalue weighted by Crippen LogP contribution is 2.29. The topological polar surface area (TPSA) is 66.5 Å². The van der Waals surface area contributed by atoms with Crippen molar-refractivity contribution >= 4 is 0 Å². The summed E-state index contributed by atoms with van der Waals surface area (Å²) in [6, 6.07) is 8.89. The van der Waals surface area contributed by atoms with Crippen LogP contribution in [0.25, 0.3) is 11.4 Å². The van der Waals surface area contributed by atoms with E-state index in [0.717, 1.165) is 18.0 Å². The van der Waals surface area contributed by atoms with Gasteiger partial charge in [-0.05, 0) is 42.5 Å². The molecule has 2 aromatic rings. The average Bonchev–Trinajstić information content (AvgIpc) is 2.88. The largest absolute Gasteiger partial charge is 0.310 e. The molecule has 19 heavy (non-hydrogen) atoms. The molecule has 0 aliphatic heterocycles. The van der Waals surface area contributed by atoms with Crippen LogP contribution in [-0.2, 0) is 6.54 Å². The van der Waals surface area contributed by atoms with Gasteiger partial charge < -0.3 is 5.32 Å². The van der Waals surface area contributed by atoms with Crippen LogP contribution in [0, 0.1) is 5.92 Å². The summed E-state index contributed by atoms with van der Waals surface area (Å²) in [5.74, 6) is 1.51. The molecule has 1 aromatic carbocycles. The van der Waals surface area contributed by atoms with E-state index in [1.807, 2.05) is 12.1 Å². The summed E-state index contributed by atoms with van der Waals surface area (Å²) in [6.45, 7) is 3.18. The van der Waals surface area contributed by atoms with Crippen LogP contribution in [0.1, 0.15) is 31.7 Å². The molecule has 1 heterocycles. The molecular formula is C14H19N5. The third-order valence-corrected chi connectivity index (χ3v) is 4.02. The SMILES string of the molecule is CC(NCc1cccc(-c2nn[nH]n2)c1)C1CCC1. The highest BCUT2D eigenvalue weighted by Gasteiger charge is 2.23. The Bertz CT molecular complexity index is 518. The number of H-pyrrole nitrogens is 1. The van der Waals surface area contributed by atoms with Gasteiger partial charge in [0.25, 0.3) is 0 Å². The molecule has 1 atom stereocenters. The van der Waals surface area contributed by atoms with Gasteiger partial charge in [-0.1, -0.05) is 24.6 Å². The lowest BCUT2D eigenvalue weighted by molar-refractivity contribution is 0.240. The van der Waals surface area contributed by atoms with Crippen molar-refractivity contribution in [3.63, 3.8) is 0 Å². The van der Waals surface area contributed by atoms with Gasteiger partial charge in [0.15, 0.2) is 0 Å². The summed E-state index contributed by atoms with van der Waals surface area (Å²) in [4.78, 5) is 0. The fourth-order valence-corrected chi connectivity index (χ4v) is 2.49. The van der Waals surface area contributed by atoms with E-state index in [0.29, 0.717) is 11.9 Å². The van der Waals surface area contributed by atoms with Crippen molar-refractivity contribution in [3.8, 4) is 11.4 Å². The van der Waals surface area contributed by atoms with Crippen molar-refractivity contribution in [1.82, 2.24) is 25.9 Å². The van der Waals surface area contributed by atoms with Crippen LogP contribution in [0.4, 0.5) is 0 Å². The number of nitrogens with zero attached hydrogens (tertiary/aromatic N) is 3. The first-order valence-electron chi connectivity index (χ1n) is 6.89. The van der Waals surface area contributed by atoms with Crippen LogP contribution in [0.3, 0.4) is 0 Å². The van der Waals surface area contributed by atoms with Crippen molar-refractivity contribution in [2.24, 2.45) is 5.92 Å². The number of hydrogen-bond donors (Lipinski definition) is 2. The van der Waals surface area contributed by atoms with Crippen molar-refractivity contribution in [2.75, 3.05) is 0 Å². The molecule has 5 nitrogen and oxygen atoms in total. The Kier molecular flexibility index (Phi) is 3.55. The number of benzene rings is 1. The fourth-order valence-electron chi connectivity index (χ4n) is 2.49. The van der Waals surface area contributed by atoms with Gasteiger partial charge in [0.2, 0.25) is 5.82 Å². The van der Waals surface area contributed by atoms with E-state index >= 15 is 0 Å². The first-order valence-corrected chi connectivity index (χ1v) is 6.89. The quantitative estimate of drug-likeness (QED) is 0.861. The maximum absolute atomic E-state index is 4.01. The molecule has 0 radical (unpaired) electrons. The van der Waals surface area contributed by atoms with Crippen LogP contribution in [0.5, 0.6) is 0 Å². The third kappa shape index (κ3) is 2.81. The van der Waals surface area contributed by atoms with Gasteiger partial charge in [0, 0.05) is 18.2 Å². The molecule has 0 bridgehead atoms. The van der Waals surface area contributed by atoms with Gasteiger partial charge in [0.05, 0.1) is 0 Å². The predicted molar refractivity (Wildman–Crippen MR) is 73.3 cm³/mol. The zero-order valence-corrected chi connectivity index (χ0v) is 11.1. The van der Waals surface area contributed by atoms with E-state index in [4.69, 9.17) is 0 Å². The summed E-state index contributed by atoms with van der Waals surface area (Å²) < 4.78 is 0. The van der Waals surface area contributed by atoms with Gasteiger partial charge in [-0.3, -0.25) is 0 Å². The van der Waals surface area contributed by atoms with E-state index in [1.54, 1.807) is 0 Å². The maximum atomic E-state index is 4.01. The van der Waals surface area contributed by atoms with Crippen molar-refractivity contribution in [3.05, 3.63) is 29.8 Å². The molecule has 1 fully saturated rings. The molecule has 3 rings (SSSR count). The normalized spacial score (nSPS) is 17.1. The third-order valence-electron chi connectivity index (χ3n) is 4.02. The second-order valence-corrected chi connectivity index (χ2v) is 5.30. The molecule has 2 N–H and O–H groups in total. The Morgan fingerprint density at radius 3 is 3.00 bits per heavy atom. The maximum Gasteiger partial charge on any atom is 0.204 e. The first-order chi connectivity index (χ1) is 9.33. The summed E-state index contributed by atoms with van der Waals surface area (Å²) in [5.41, 5.74) is 2.26. The van der Waals surface area contributed by atoms with Crippen molar-refractivity contribution in [1.29, 1.82) is 0 Å².